The van der Waals surface area contributed by atoms with Crippen LogP contribution in [-0.4, -0.2) is 20.3 Å². The highest BCUT2D eigenvalue weighted by molar-refractivity contribution is 5.45. The molecule has 0 spiro atoms. The molecule has 0 aliphatic carbocycles. The summed E-state index contributed by atoms with van der Waals surface area (Å²) in [5.74, 6) is 2.24. The summed E-state index contributed by atoms with van der Waals surface area (Å²) in [7, 11) is 1.99. The molecule has 2 aromatic carbocycles. The first-order valence-electron chi connectivity index (χ1n) is 7.46. The molecule has 0 aromatic heterocycles. The summed E-state index contributed by atoms with van der Waals surface area (Å²) in [6.07, 6.45) is 0. The fraction of sp³-hybridized carbons (Fsp3) is 0.333. The molecule has 0 radical (unpaired) electrons. The molecule has 21 heavy (non-hydrogen) atoms. The van der Waals surface area contributed by atoms with Crippen LogP contribution in [0.2, 0.25) is 0 Å². The minimum Gasteiger partial charge on any atom is -0.494 e. The Morgan fingerprint density at radius 2 is 1.95 bits per heavy atom. The van der Waals surface area contributed by atoms with Crippen molar-refractivity contribution in [1.82, 2.24) is 5.32 Å². The highest BCUT2D eigenvalue weighted by atomic mass is 16.5. The number of ether oxygens (including phenoxy) is 2. The van der Waals surface area contributed by atoms with Crippen LogP contribution >= 0.6 is 0 Å². The van der Waals surface area contributed by atoms with E-state index < -0.39 is 0 Å². The molecule has 1 aliphatic heterocycles. The third-order valence-corrected chi connectivity index (χ3v) is 4.00. The first-order valence-corrected chi connectivity index (χ1v) is 7.46. The number of fused-ring (bicyclic) bond motifs is 1. The first kappa shape index (κ1) is 14.0. The van der Waals surface area contributed by atoms with Gasteiger partial charge in [-0.3, -0.25) is 0 Å². The van der Waals surface area contributed by atoms with E-state index in [9.17, 15) is 0 Å². The fourth-order valence-corrected chi connectivity index (χ4v) is 3.06. The molecular weight excluding hydrogens is 262 g/mol. The van der Waals surface area contributed by atoms with Gasteiger partial charge in [-0.05, 0) is 26.1 Å². The Morgan fingerprint density at radius 3 is 2.76 bits per heavy atom. The molecule has 3 heteroatoms. The van der Waals surface area contributed by atoms with Gasteiger partial charge in [0.1, 0.15) is 11.5 Å². The molecule has 110 valence electrons. The zero-order chi connectivity index (χ0) is 14.7. The standard InChI is InChI=1S/C18H21NO2/c1-3-20-17-11-7-5-9-14(17)18(19-2)15-12-21-16-10-6-4-8-13(15)16/h4-11,15,18-19H,3,12H2,1-2H3. The summed E-state index contributed by atoms with van der Waals surface area (Å²) in [4.78, 5) is 0. The quantitative estimate of drug-likeness (QED) is 0.910. The van der Waals surface area contributed by atoms with Gasteiger partial charge in [-0.2, -0.15) is 0 Å². The number of nitrogens with one attached hydrogen (secondary N) is 1. The Balaban J connectivity index is 1.97. The molecule has 0 saturated carbocycles. The van der Waals surface area contributed by atoms with E-state index in [-0.39, 0.29) is 6.04 Å². The Bertz CT molecular complexity index is 612. The average molecular weight is 283 g/mol. The topological polar surface area (TPSA) is 30.5 Å². The lowest BCUT2D eigenvalue weighted by Gasteiger charge is -2.25. The highest BCUT2D eigenvalue weighted by Gasteiger charge is 2.32. The van der Waals surface area contributed by atoms with Crippen LogP contribution in [0.5, 0.6) is 11.5 Å². The molecule has 1 N–H and O–H groups in total. The third kappa shape index (κ3) is 2.61. The summed E-state index contributed by atoms with van der Waals surface area (Å²) in [6.45, 7) is 3.38. The summed E-state index contributed by atoms with van der Waals surface area (Å²) in [5, 5.41) is 3.44. The second-order valence-electron chi connectivity index (χ2n) is 5.19. The molecule has 3 rings (SSSR count). The van der Waals surface area contributed by atoms with Gasteiger partial charge in [0.2, 0.25) is 0 Å². The van der Waals surface area contributed by atoms with E-state index in [0.29, 0.717) is 19.1 Å². The average Bonchev–Trinajstić information content (AvgIpc) is 2.94. The van der Waals surface area contributed by atoms with Crippen molar-refractivity contribution in [1.29, 1.82) is 0 Å². The zero-order valence-electron chi connectivity index (χ0n) is 12.5. The minimum atomic E-state index is 0.177. The molecule has 2 atom stereocenters. The van der Waals surface area contributed by atoms with Gasteiger partial charge < -0.3 is 14.8 Å². The van der Waals surface area contributed by atoms with E-state index in [1.807, 2.05) is 38.2 Å². The Hall–Kier alpha value is -2.00. The van der Waals surface area contributed by atoms with E-state index >= 15 is 0 Å². The van der Waals surface area contributed by atoms with Gasteiger partial charge >= 0.3 is 0 Å². The summed E-state index contributed by atoms with van der Waals surface area (Å²) in [5.41, 5.74) is 2.45. The van der Waals surface area contributed by atoms with Gasteiger partial charge in [0.25, 0.3) is 0 Å². The molecule has 2 aromatic rings. The maximum atomic E-state index is 5.83. The number of hydrogen-bond donors (Lipinski definition) is 1. The molecule has 1 heterocycles. The molecule has 1 aliphatic rings. The van der Waals surface area contributed by atoms with Crippen LogP contribution in [0.15, 0.2) is 48.5 Å². The summed E-state index contributed by atoms with van der Waals surface area (Å²) >= 11 is 0. The van der Waals surface area contributed by atoms with Crippen molar-refractivity contribution in [3.8, 4) is 11.5 Å². The second kappa shape index (κ2) is 6.19. The van der Waals surface area contributed by atoms with Crippen LogP contribution in [0.4, 0.5) is 0 Å². The van der Waals surface area contributed by atoms with Crippen LogP contribution in [-0.2, 0) is 0 Å². The van der Waals surface area contributed by atoms with Crippen LogP contribution in [0, 0.1) is 0 Å². The van der Waals surface area contributed by atoms with Crippen molar-refractivity contribution in [2.75, 3.05) is 20.3 Å². The van der Waals surface area contributed by atoms with E-state index in [4.69, 9.17) is 9.47 Å². The lowest BCUT2D eigenvalue weighted by atomic mass is 9.88. The Kier molecular flexibility index (Phi) is 4.11. The van der Waals surface area contributed by atoms with Gasteiger partial charge in [0.15, 0.2) is 0 Å². The Labute approximate surface area is 125 Å². The zero-order valence-corrected chi connectivity index (χ0v) is 12.5. The third-order valence-electron chi connectivity index (χ3n) is 4.00. The van der Waals surface area contributed by atoms with Crippen LogP contribution in [0.3, 0.4) is 0 Å². The lowest BCUT2D eigenvalue weighted by Crippen LogP contribution is -2.25. The van der Waals surface area contributed by atoms with Crippen molar-refractivity contribution in [2.45, 2.75) is 18.9 Å². The van der Waals surface area contributed by atoms with E-state index in [1.165, 1.54) is 11.1 Å². The van der Waals surface area contributed by atoms with Crippen LogP contribution in [0.1, 0.15) is 30.0 Å². The molecular formula is C18H21NO2. The van der Waals surface area contributed by atoms with Crippen molar-refractivity contribution in [2.24, 2.45) is 0 Å². The normalized spacial score (nSPS) is 17.9. The Morgan fingerprint density at radius 1 is 1.19 bits per heavy atom. The maximum Gasteiger partial charge on any atom is 0.124 e. The van der Waals surface area contributed by atoms with E-state index in [1.54, 1.807) is 0 Å². The summed E-state index contributed by atoms with van der Waals surface area (Å²) < 4.78 is 11.6. The molecule has 2 unspecified atom stereocenters. The molecule has 0 fully saturated rings. The predicted molar refractivity (Wildman–Crippen MR) is 84.1 cm³/mol. The predicted octanol–water partition coefficient (Wildman–Crippen LogP) is 3.52. The SMILES string of the molecule is CCOc1ccccc1C(NC)C1COc2ccccc21. The molecule has 3 nitrogen and oxygen atoms in total. The second-order valence-corrected chi connectivity index (χ2v) is 5.19. The smallest absolute Gasteiger partial charge is 0.124 e. The number of hydrogen-bond acceptors (Lipinski definition) is 3. The van der Waals surface area contributed by atoms with Gasteiger partial charge in [0.05, 0.1) is 13.2 Å². The van der Waals surface area contributed by atoms with E-state index in [2.05, 4.69) is 29.6 Å². The molecule has 0 saturated heterocycles. The lowest BCUT2D eigenvalue weighted by molar-refractivity contribution is 0.295. The minimum absolute atomic E-state index is 0.177. The number of para-hydroxylation sites is 2. The van der Waals surface area contributed by atoms with Crippen molar-refractivity contribution in [3.05, 3.63) is 59.7 Å². The number of likely N-dealkylation sites (N-methyl/N-ethyl adjacent to an activating group) is 1. The van der Waals surface area contributed by atoms with Crippen LogP contribution in [0.25, 0.3) is 0 Å². The van der Waals surface area contributed by atoms with Gasteiger partial charge in [-0.1, -0.05) is 36.4 Å². The highest BCUT2D eigenvalue weighted by Crippen LogP contribution is 2.42. The largest absolute Gasteiger partial charge is 0.494 e. The van der Waals surface area contributed by atoms with Gasteiger partial charge in [-0.15, -0.1) is 0 Å². The van der Waals surface area contributed by atoms with Crippen molar-refractivity contribution < 1.29 is 9.47 Å². The fourth-order valence-electron chi connectivity index (χ4n) is 3.06. The monoisotopic (exact) mass is 283 g/mol. The van der Waals surface area contributed by atoms with Gasteiger partial charge in [0, 0.05) is 23.1 Å². The van der Waals surface area contributed by atoms with E-state index in [0.717, 1.165) is 11.5 Å². The molecule has 0 bridgehead atoms. The number of rotatable bonds is 5. The van der Waals surface area contributed by atoms with Crippen molar-refractivity contribution in [3.63, 3.8) is 0 Å². The van der Waals surface area contributed by atoms with Crippen molar-refractivity contribution >= 4 is 0 Å². The maximum absolute atomic E-state index is 5.83. The van der Waals surface area contributed by atoms with Crippen LogP contribution < -0.4 is 14.8 Å². The summed E-state index contributed by atoms with van der Waals surface area (Å²) in [6, 6.07) is 16.7. The first-order chi connectivity index (χ1) is 10.3. The molecule has 0 amide bonds. The van der Waals surface area contributed by atoms with Gasteiger partial charge in [-0.25, -0.2) is 0 Å². The number of benzene rings is 2.